The number of carbonyl (C=O) groups is 1. The Hall–Kier alpha value is -0.880. The summed E-state index contributed by atoms with van der Waals surface area (Å²) in [7, 11) is 2.02. The van der Waals surface area contributed by atoms with E-state index < -0.39 is 0 Å². The maximum absolute atomic E-state index is 11.3. The quantitative estimate of drug-likeness (QED) is 0.609. The van der Waals surface area contributed by atoms with E-state index in [0.29, 0.717) is 18.6 Å². The molecule has 1 aliphatic heterocycles. The highest BCUT2D eigenvalue weighted by Gasteiger charge is 2.24. The molecule has 1 unspecified atom stereocenters. The molecule has 0 aromatic heterocycles. The third kappa shape index (κ3) is 2.31. The third-order valence-electron chi connectivity index (χ3n) is 2.33. The van der Waals surface area contributed by atoms with E-state index in [2.05, 4.69) is 11.0 Å². The number of Topliss-reactive ketones (excluding diaryl/α,β-unsaturated/α-hetero) is 1. The maximum atomic E-state index is 11.3. The number of hydrogen-bond acceptors (Lipinski definition) is 3. The van der Waals surface area contributed by atoms with Crippen LogP contribution in [0.25, 0.3) is 0 Å². The van der Waals surface area contributed by atoms with Crippen molar-refractivity contribution in [2.45, 2.75) is 19.3 Å². The molecule has 3 nitrogen and oxygen atoms in total. The molecule has 1 fully saturated rings. The normalized spacial score (nSPS) is 25.3. The van der Waals surface area contributed by atoms with Crippen molar-refractivity contribution in [3.05, 3.63) is 0 Å². The van der Waals surface area contributed by atoms with Crippen molar-refractivity contribution >= 4 is 5.78 Å². The highest BCUT2D eigenvalue weighted by molar-refractivity contribution is 5.82. The molecule has 1 heterocycles. The predicted octanol–water partition coefficient (Wildman–Crippen LogP) is 0.811. The van der Waals surface area contributed by atoms with Crippen LogP contribution >= 0.6 is 0 Å². The first-order chi connectivity index (χ1) is 5.74. The van der Waals surface area contributed by atoms with Gasteiger partial charge in [0.1, 0.15) is 5.78 Å². The molecule has 1 saturated heterocycles. The van der Waals surface area contributed by atoms with Crippen molar-refractivity contribution in [2.24, 2.45) is 5.92 Å². The molecule has 3 heteroatoms. The monoisotopic (exact) mass is 166 g/mol. The van der Waals surface area contributed by atoms with Gasteiger partial charge in [0.25, 0.3) is 0 Å². The molecule has 0 aliphatic carbocycles. The second kappa shape index (κ2) is 4.22. The van der Waals surface area contributed by atoms with Crippen molar-refractivity contribution in [1.29, 1.82) is 5.26 Å². The number of carbonyl (C=O) groups excluding carboxylic acids is 1. The Balaban J connectivity index is 2.39. The highest BCUT2D eigenvalue weighted by atomic mass is 16.1. The zero-order valence-corrected chi connectivity index (χ0v) is 7.42. The fourth-order valence-corrected chi connectivity index (χ4v) is 1.57. The van der Waals surface area contributed by atoms with Gasteiger partial charge in [-0.15, -0.1) is 0 Å². The fraction of sp³-hybridized carbons (Fsp3) is 0.778. The Morgan fingerprint density at radius 3 is 3.17 bits per heavy atom. The fourth-order valence-electron chi connectivity index (χ4n) is 1.57. The lowest BCUT2D eigenvalue weighted by Crippen LogP contribution is -2.38. The summed E-state index contributed by atoms with van der Waals surface area (Å²) in [6.07, 6.45) is 1.90. The number of nitrogens with zero attached hydrogens (tertiary/aromatic N) is 2. The van der Waals surface area contributed by atoms with Gasteiger partial charge in [-0.3, -0.25) is 4.79 Å². The molecule has 12 heavy (non-hydrogen) atoms. The minimum absolute atomic E-state index is 0.114. The first kappa shape index (κ1) is 9.21. The topological polar surface area (TPSA) is 44.1 Å². The van der Waals surface area contributed by atoms with E-state index in [1.54, 1.807) is 0 Å². The van der Waals surface area contributed by atoms with Crippen LogP contribution in [0.2, 0.25) is 0 Å². The van der Waals surface area contributed by atoms with Crippen LogP contribution in [0.5, 0.6) is 0 Å². The Bertz CT molecular complexity index is 207. The van der Waals surface area contributed by atoms with E-state index in [1.807, 2.05) is 7.05 Å². The predicted molar refractivity (Wildman–Crippen MR) is 45.5 cm³/mol. The molecule has 1 atom stereocenters. The molecule has 1 aliphatic rings. The standard InChI is InChI=1S/C9H14N2O/c1-11-6-4-9(12)8(7-11)3-2-5-10/h8H,2-4,6-7H2,1H3. The van der Waals surface area contributed by atoms with E-state index in [-0.39, 0.29) is 5.92 Å². The minimum atomic E-state index is 0.114. The molecule has 0 saturated carbocycles. The molecule has 0 aromatic carbocycles. The molecule has 66 valence electrons. The average molecular weight is 166 g/mol. The molecular formula is C9H14N2O. The molecule has 0 bridgehead atoms. The van der Waals surface area contributed by atoms with E-state index >= 15 is 0 Å². The zero-order valence-electron chi connectivity index (χ0n) is 7.42. The summed E-state index contributed by atoms with van der Waals surface area (Å²) in [4.78, 5) is 13.5. The molecule has 0 N–H and O–H groups in total. The van der Waals surface area contributed by atoms with Crippen molar-refractivity contribution in [1.82, 2.24) is 4.90 Å². The van der Waals surface area contributed by atoms with Gasteiger partial charge in [-0.05, 0) is 13.5 Å². The molecule has 0 amide bonds. The molecule has 1 rings (SSSR count). The number of hydrogen-bond donors (Lipinski definition) is 0. The number of rotatable bonds is 2. The molecule has 0 aromatic rings. The van der Waals surface area contributed by atoms with Crippen LogP contribution in [0.1, 0.15) is 19.3 Å². The Labute approximate surface area is 73.0 Å². The summed E-state index contributed by atoms with van der Waals surface area (Å²) in [5.74, 6) is 0.451. The summed E-state index contributed by atoms with van der Waals surface area (Å²) >= 11 is 0. The Morgan fingerprint density at radius 1 is 1.75 bits per heavy atom. The van der Waals surface area contributed by atoms with Gasteiger partial charge in [-0.1, -0.05) is 0 Å². The number of likely N-dealkylation sites (tertiary alicyclic amines) is 1. The van der Waals surface area contributed by atoms with E-state index in [1.165, 1.54) is 0 Å². The smallest absolute Gasteiger partial charge is 0.138 e. The second-order valence-corrected chi connectivity index (χ2v) is 3.37. The number of nitriles is 1. The van der Waals surface area contributed by atoms with Gasteiger partial charge in [-0.2, -0.15) is 5.26 Å². The van der Waals surface area contributed by atoms with Crippen LogP contribution in [0.3, 0.4) is 0 Å². The lowest BCUT2D eigenvalue weighted by Gasteiger charge is -2.27. The van der Waals surface area contributed by atoms with Crippen LogP contribution in [0, 0.1) is 17.2 Å². The lowest BCUT2D eigenvalue weighted by atomic mass is 9.93. The first-order valence-electron chi connectivity index (χ1n) is 4.32. The lowest BCUT2D eigenvalue weighted by molar-refractivity contribution is -0.126. The first-order valence-corrected chi connectivity index (χ1v) is 4.32. The van der Waals surface area contributed by atoms with Gasteiger partial charge in [0.15, 0.2) is 0 Å². The van der Waals surface area contributed by atoms with Crippen molar-refractivity contribution < 1.29 is 4.79 Å². The summed E-state index contributed by atoms with van der Waals surface area (Å²) < 4.78 is 0. The van der Waals surface area contributed by atoms with E-state index in [4.69, 9.17) is 5.26 Å². The van der Waals surface area contributed by atoms with Crippen LogP contribution in [0.4, 0.5) is 0 Å². The Morgan fingerprint density at radius 2 is 2.50 bits per heavy atom. The van der Waals surface area contributed by atoms with Gasteiger partial charge in [0, 0.05) is 31.8 Å². The SMILES string of the molecule is CN1CCC(=O)C(CCC#N)C1. The van der Waals surface area contributed by atoms with Crippen molar-refractivity contribution in [3.8, 4) is 6.07 Å². The number of piperidine rings is 1. The van der Waals surface area contributed by atoms with Gasteiger partial charge < -0.3 is 4.90 Å². The third-order valence-corrected chi connectivity index (χ3v) is 2.33. The summed E-state index contributed by atoms with van der Waals surface area (Å²) in [6.45, 7) is 1.71. The van der Waals surface area contributed by atoms with Crippen LogP contribution in [-0.2, 0) is 4.79 Å². The maximum Gasteiger partial charge on any atom is 0.138 e. The van der Waals surface area contributed by atoms with E-state index in [0.717, 1.165) is 19.5 Å². The highest BCUT2D eigenvalue weighted by Crippen LogP contribution is 2.16. The molecule has 0 spiro atoms. The van der Waals surface area contributed by atoms with E-state index in [9.17, 15) is 4.79 Å². The minimum Gasteiger partial charge on any atom is -0.305 e. The van der Waals surface area contributed by atoms with Gasteiger partial charge in [0.2, 0.25) is 0 Å². The van der Waals surface area contributed by atoms with Crippen LogP contribution in [0.15, 0.2) is 0 Å². The average Bonchev–Trinajstić information content (AvgIpc) is 2.07. The van der Waals surface area contributed by atoms with Gasteiger partial charge in [0.05, 0.1) is 6.07 Å². The summed E-state index contributed by atoms with van der Waals surface area (Å²) in [5, 5.41) is 8.37. The van der Waals surface area contributed by atoms with Crippen LogP contribution < -0.4 is 0 Å². The summed E-state index contributed by atoms with van der Waals surface area (Å²) in [5.41, 5.74) is 0. The zero-order chi connectivity index (χ0) is 8.97. The van der Waals surface area contributed by atoms with Crippen LogP contribution in [-0.4, -0.2) is 30.8 Å². The van der Waals surface area contributed by atoms with Gasteiger partial charge >= 0.3 is 0 Å². The number of ketones is 1. The largest absolute Gasteiger partial charge is 0.305 e. The van der Waals surface area contributed by atoms with Crippen molar-refractivity contribution in [2.75, 3.05) is 20.1 Å². The van der Waals surface area contributed by atoms with Gasteiger partial charge in [-0.25, -0.2) is 0 Å². The summed E-state index contributed by atoms with van der Waals surface area (Å²) in [6, 6.07) is 2.08. The van der Waals surface area contributed by atoms with Crippen molar-refractivity contribution in [3.63, 3.8) is 0 Å². The second-order valence-electron chi connectivity index (χ2n) is 3.37. The Kier molecular flexibility index (Phi) is 3.24. The molecular weight excluding hydrogens is 152 g/mol. The molecule has 0 radical (unpaired) electrons.